The maximum Gasteiger partial charge on any atom is 0.252 e. The minimum Gasteiger partial charge on any atom is -0.496 e. The lowest BCUT2D eigenvalue weighted by atomic mass is 9.92. The Balaban J connectivity index is 1.55. The van der Waals surface area contributed by atoms with Gasteiger partial charge in [0, 0.05) is 53.5 Å². The number of nitrogens with zero attached hydrogens (tertiary/aromatic N) is 3. The lowest BCUT2D eigenvalue weighted by Crippen LogP contribution is -2.12. The van der Waals surface area contributed by atoms with Crippen molar-refractivity contribution in [3.05, 3.63) is 75.2 Å². The normalized spacial score (nSPS) is 11.6. The Kier molecular flexibility index (Phi) is 7.67. The first-order chi connectivity index (χ1) is 17.8. The number of fused-ring (bicyclic) bond motifs is 1. The molecule has 0 saturated carbocycles. The average molecular weight is 555 g/mol. The van der Waals surface area contributed by atoms with Crippen molar-refractivity contribution in [1.82, 2.24) is 14.8 Å². The molecule has 0 spiro atoms. The molecule has 38 heavy (non-hydrogen) atoms. The molecule has 2 aromatic carbocycles. The average Bonchev–Trinajstić information content (AvgIpc) is 3.20. The highest BCUT2D eigenvalue weighted by atomic mass is 35.5. The van der Waals surface area contributed by atoms with Gasteiger partial charge >= 0.3 is 0 Å². The van der Waals surface area contributed by atoms with E-state index in [9.17, 15) is 9.59 Å². The second kappa shape index (κ2) is 10.6. The topological polar surface area (TPSA) is 109 Å². The van der Waals surface area contributed by atoms with E-state index < -0.39 is 5.91 Å². The monoisotopic (exact) mass is 554 g/mol. The molecule has 2 aromatic heterocycles. The van der Waals surface area contributed by atoms with Crippen molar-refractivity contribution in [2.24, 2.45) is 12.8 Å². The van der Waals surface area contributed by atoms with Crippen LogP contribution in [0.4, 0.5) is 0 Å². The van der Waals surface area contributed by atoms with Gasteiger partial charge in [0.15, 0.2) is 0 Å². The van der Waals surface area contributed by atoms with E-state index in [1.165, 1.54) is 13.2 Å². The van der Waals surface area contributed by atoms with Crippen LogP contribution < -0.4 is 15.2 Å². The third-order valence-corrected chi connectivity index (χ3v) is 6.64. The molecular weight excluding hydrogens is 527 g/mol. The molecule has 1 amide bonds. The van der Waals surface area contributed by atoms with Gasteiger partial charge in [-0.2, -0.15) is 5.10 Å². The minimum absolute atomic E-state index is 0.0175. The van der Waals surface area contributed by atoms with E-state index in [-0.39, 0.29) is 40.5 Å². The first kappa shape index (κ1) is 27.4. The maximum absolute atomic E-state index is 12.8. The summed E-state index contributed by atoms with van der Waals surface area (Å²) in [6.07, 6.45) is 0.419. The predicted octanol–water partition coefficient (Wildman–Crippen LogP) is 5.83. The molecule has 2 N–H and O–H groups in total. The summed E-state index contributed by atoms with van der Waals surface area (Å²) < 4.78 is 13.1. The van der Waals surface area contributed by atoms with Crippen LogP contribution in [-0.4, -0.2) is 33.6 Å². The van der Waals surface area contributed by atoms with Gasteiger partial charge in [0.25, 0.3) is 5.91 Å². The second-order valence-electron chi connectivity index (χ2n) is 10.0. The molecule has 0 atom stereocenters. The molecule has 0 fully saturated rings. The van der Waals surface area contributed by atoms with Crippen molar-refractivity contribution < 1.29 is 19.1 Å². The summed E-state index contributed by atoms with van der Waals surface area (Å²) in [5, 5.41) is 5.64. The van der Waals surface area contributed by atoms with Crippen LogP contribution >= 0.6 is 23.2 Å². The van der Waals surface area contributed by atoms with Crippen molar-refractivity contribution in [2.45, 2.75) is 39.0 Å². The van der Waals surface area contributed by atoms with Crippen LogP contribution in [0.2, 0.25) is 10.2 Å². The van der Waals surface area contributed by atoms with E-state index in [1.54, 1.807) is 35.0 Å². The Morgan fingerprint density at radius 2 is 1.76 bits per heavy atom. The van der Waals surface area contributed by atoms with Crippen molar-refractivity contribution in [3.8, 4) is 17.2 Å². The number of amides is 1. The molecule has 4 aromatic rings. The van der Waals surface area contributed by atoms with Gasteiger partial charge in [-0.1, -0.05) is 50.0 Å². The predicted molar refractivity (Wildman–Crippen MR) is 148 cm³/mol. The summed E-state index contributed by atoms with van der Waals surface area (Å²) in [4.78, 5) is 29.0. The Bertz CT molecular complexity index is 1560. The number of rotatable bonds is 8. The molecule has 0 aliphatic heterocycles. The fourth-order valence-corrected chi connectivity index (χ4v) is 4.44. The Labute approximate surface area is 230 Å². The first-order valence-electron chi connectivity index (χ1n) is 11.8. The van der Waals surface area contributed by atoms with Gasteiger partial charge in [-0.15, -0.1) is 0 Å². The second-order valence-corrected chi connectivity index (χ2v) is 10.8. The van der Waals surface area contributed by atoms with Gasteiger partial charge < -0.3 is 15.2 Å². The quantitative estimate of drug-likeness (QED) is 0.274. The Hall–Kier alpha value is -3.62. The number of hydrogen-bond donors (Lipinski definition) is 1. The fourth-order valence-electron chi connectivity index (χ4n) is 4.01. The van der Waals surface area contributed by atoms with Crippen LogP contribution in [0, 0.1) is 0 Å². The van der Waals surface area contributed by atoms with E-state index in [1.807, 2.05) is 13.1 Å². The van der Waals surface area contributed by atoms with Gasteiger partial charge in [-0.25, -0.2) is 4.98 Å². The number of carbonyl (C=O) groups is 2. The van der Waals surface area contributed by atoms with Crippen molar-refractivity contribution >= 4 is 45.8 Å². The molecule has 0 bridgehead atoms. The van der Waals surface area contributed by atoms with Crippen LogP contribution in [0.25, 0.3) is 10.9 Å². The molecule has 4 rings (SSSR count). The first-order valence-corrected chi connectivity index (χ1v) is 12.6. The smallest absolute Gasteiger partial charge is 0.252 e. The van der Waals surface area contributed by atoms with Crippen LogP contribution in [0.1, 0.15) is 48.1 Å². The lowest BCUT2D eigenvalue weighted by Gasteiger charge is -2.13. The van der Waals surface area contributed by atoms with Crippen molar-refractivity contribution in [3.63, 3.8) is 0 Å². The van der Waals surface area contributed by atoms with Gasteiger partial charge in [-0.05, 0) is 29.8 Å². The summed E-state index contributed by atoms with van der Waals surface area (Å²) in [6, 6.07) is 11.7. The number of ketones is 1. The number of carbonyl (C=O) groups excluding carboxylic acids is 2. The number of halogens is 2. The number of ether oxygens (including phenoxy) is 2. The molecule has 2 heterocycles. The number of Topliss-reactive ketones (excluding diaryl/α,β-unsaturated/α-hetero) is 1. The van der Waals surface area contributed by atoms with E-state index in [0.29, 0.717) is 33.0 Å². The largest absolute Gasteiger partial charge is 0.496 e. The molecule has 8 nitrogen and oxygen atoms in total. The summed E-state index contributed by atoms with van der Waals surface area (Å²) in [7, 11) is 3.28. The number of hydrogen-bond acceptors (Lipinski definition) is 6. The number of pyridine rings is 1. The summed E-state index contributed by atoms with van der Waals surface area (Å²) in [6.45, 7) is 6.25. The number of aryl methyl sites for hydroxylation is 1. The molecule has 0 aliphatic rings. The Morgan fingerprint density at radius 3 is 2.37 bits per heavy atom. The van der Waals surface area contributed by atoms with Gasteiger partial charge in [0.2, 0.25) is 0 Å². The van der Waals surface area contributed by atoms with E-state index in [2.05, 4.69) is 30.9 Å². The summed E-state index contributed by atoms with van der Waals surface area (Å²) in [5.74, 6) is 0.429. The molecule has 0 unspecified atom stereocenters. The molecule has 0 radical (unpaired) electrons. The fraction of sp³-hybridized carbons (Fsp3) is 0.286. The zero-order valence-corrected chi connectivity index (χ0v) is 23.3. The highest BCUT2D eigenvalue weighted by molar-refractivity contribution is 6.31. The highest BCUT2D eigenvalue weighted by Crippen LogP contribution is 2.36. The van der Waals surface area contributed by atoms with Crippen LogP contribution in [0.15, 0.2) is 42.5 Å². The third-order valence-electron chi connectivity index (χ3n) is 6.09. The number of benzene rings is 2. The van der Waals surface area contributed by atoms with Crippen LogP contribution in [0.5, 0.6) is 17.2 Å². The lowest BCUT2D eigenvalue weighted by molar-refractivity contribution is -0.117. The van der Waals surface area contributed by atoms with Crippen molar-refractivity contribution in [2.75, 3.05) is 7.11 Å². The number of aromatic nitrogens is 3. The summed E-state index contributed by atoms with van der Waals surface area (Å²) in [5.41, 5.74) is 8.53. The standard InChI is InChI=1S/C28H28Cl2N4O4/c1-28(2,3)25-10-16(34(4)33-25)9-17(35)8-15-6-7-18(11-21(15)29)38-24-14-26(30)32-22-13-23(37-5)20(27(31)36)12-19(22)24/h6-7,10-14H,8-9H2,1-5H3,(H2,31,36). The van der Waals surface area contributed by atoms with E-state index in [0.717, 1.165) is 11.4 Å². The SMILES string of the molecule is COc1cc2nc(Cl)cc(Oc3ccc(CC(=O)Cc4cc(C(C)(C)C)nn4C)c(Cl)c3)c2cc1C(N)=O. The minimum atomic E-state index is -0.650. The maximum atomic E-state index is 12.8. The molecular formula is C28H28Cl2N4O4. The van der Waals surface area contributed by atoms with Crippen LogP contribution in [0.3, 0.4) is 0 Å². The Morgan fingerprint density at radius 1 is 1.03 bits per heavy atom. The van der Waals surface area contributed by atoms with Crippen molar-refractivity contribution in [1.29, 1.82) is 0 Å². The zero-order valence-electron chi connectivity index (χ0n) is 21.8. The van der Waals surface area contributed by atoms with E-state index >= 15 is 0 Å². The van der Waals surface area contributed by atoms with Gasteiger partial charge in [-0.3, -0.25) is 14.3 Å². The zero-order chi connectivity index (χ0) is 27.8. The number of nitrogens with two attached hydrogens (primary N) is 1. The third kappa shape index (κ3) is 5.92. The summed E-state index contributed by atoms with van der Waals surface area (Å²) >= 11 is 12.7. The molecule has 198 valence electrons. The molecule has 0 aliphatic carbocycles. The van der Waals surface area contributed by atoms with Gasteiger partial charge in [0.05, 0.1) is 23.9 Å². The van der Waals surface area contributed by atoms with Crippen LogP contribution in [-0.2, 0) is 30.1 Å². The number of methoxy groups -OCH3 is 1. The molecule has 10 heteroatoms. The highest BCUT2D eigenvalue weighted by Gasteiger charge is 2.21. The van der Waals surface area contributed by atoms with Gasteiger partial charge in [0.1, 0.15) is 28.2 Å². The number of primary amides is 1. The molecule has 0 saturated heterocycles. The van der Waals surface area contributed by atoms with E-state index in [4.69, 9.17) is 38.4 Å².